The van der Waals surface area contributed by atoms with Crippen LogP contribution < -0.4 is 10.6 Å². The van der Waals surface area contributed by atoms with Gasteiger partial charge in [-0.3, -0.25) is 33.8 Å². The molecule has 11 heteroatoms. The molecule has 1 aromatic rings. The van der Waals surface area contributed by atoms with Crippen LogP contribution in [-0.4, -0.2) is 90.9 Å². The Hall–Kier alpha value is -3.99. The molecule has 6 atom stereocenters. The fourth-order valence-electron chi connectivity index (χ4n) is 6.28. The maximum absolute atomic E-state index is 14.0. The topological polar surface area (TPSA) is 134 Å². The monoisotopic (exact) mass is 710 g/mol. The van der Waals surface area contributed by atoms with E-state index >= 15 is 0 Å². The second-order valence-corrected chi connectivity index (χ2v) is 15.1. The van der Waals surface area contributed by atoms with Crippen molar-refractivity contribution in [2.24, 2.45) is 23.7 Å². The average molecular weight is 711 g/mol. The Bertz CT molecular complexity index is 1370. The van der Waals surface area contributed by atoms with Gasteiger partial charge in [0.05, 0.1) is 19.2 Å². The molecule has 0 aromatic heterocycles. The Morgan fingerprint density at radius 1 is 0.902 bits per heavy atom. The number of imide groups is 1. The molecule has 4 amide bonds. The molecular formula is C40H62N4O7. The first-order valence-corrected chi connectivity index (χ1v) is 18.3. The van der Waals surface area contributed by atoms with Crippen molar-refractivity contribution in [1.29, 1.82) is 0 Å². The number of amides is 4. The van der Waals surface area contributed by atoms with E-state index in [1.807, 2.05) is 99.8 Å². The van der Waals surface area contributed by atoms with Crippen LogP contribution in [0.2, 0.25) is 0 Å². The first kappa shape index (κ1) is 43.2. The van der Waals surface area contributed by atoms with Gasteiger partial charge in [0, 0.05) is 12.2 Å². The highest BCUT2D eigenvalue weighted by Gasteiger charge is 2.38. The summed E-state index contributed by atoms with van der Waals surface area (Å²) in [5.74, 6) is -1.66. The third-order valence-electron chi connectivity index (χ3n) is 8.97. The zero-order valence-electron chi connectivity index (χ0n) is 32.6. The highest BCUT2D eigenvalue weighted by Crippen LogP contribution is 2.26. The Morgan fingerprint density at radius 2 is 1.53 bits per heavy atom. The number of ether oxygens (including phenoxy) is 2. The molecular weight excluding hydrogens is 648 g/mol. The van der Waals surface area contributed by atoms with E-state index in [1.165, 1.54) is 24.2 Å². The predicted octanol–water partition coefficient (Wildman–Crippen LogP) is 5.05. The van der Waals surface area contributed by atoms with Crippen molar-refractivity contribution in [3.8, 4) is 0 Å². The number of methoxy groups -OCH3 is 1. The number of nitrogens with one attached hydrogen (secondary N) is 2. The molecule has 2 rings (SSSR count). The lowest BCUT2D eigenvalue weighted by Gasteiger charge is -2.30. The molecule has 1 aromatic carbocycles. The first-order valence-electron chi connectivity index (χ1n) is 18.3. The van der Waals surface area contributed by atoms with Crippen LogP contribution in [0.1, 0.15) is 86.6 Å². The van der Waals surface area contributed by atoms with Gasteiger partial charge in [0.2, 0.25) is 5.91 Å². The van der Waals surface area contributed by atoms with E-state index in [4.69, 9.17) is 9.47 Å². The second-order valence-electron chi connectivity index (χ2n) is 15.1. The van der Waals surface area contributed by atoms with Crippen molar-refractivity contribution in [3.05, 3.63) is 59.9 Å². The molecule has 11 nitrogen and oxygen atoms in total. The standard InChI is InChI=1S/C40H62N4O7/c1-12-28(8)37(43(9)10)40(49)51-34(22-27(6)7)39(48)42-31(20-25(2)3)38(47)41-30(23-29-16-14-13-15-17-29)18-19-35(45)44-32(21-26(4)5)33(50-11)24-36(44)46/h13-19,24-28,30-32,34,37H,12,20-23H2,1-11H3,(H,41,47)(H,42,48)/b19-18+/t28-,30+,31-,32-,34-,37-/m0/s1. The molecule has 284 valence electrons. The molecule has 1 heterocycles. The molecule has 1 aliphatic heterocycles. The molecule has 0 fully saturated rings. The number of carbonyl (C=O) groups is 5. The van der Waals surface area contributed by atoms with E-state index in [9.17, 15) is 24.0 Å². The van der Waals surface area contributed by atoms with Crippen molar-refractivity contribution in [2.45, 2.75) is 118 Å². The van der Waals surface area contributed by atoms with Crippen LogP contribution in [0.25, 0.3) is 0 Å². The molecule has 0 unspecified atom stereocenters. The number of carbonyl (C=O) groups excluding carboxylic acids is 5. The molecule has 0 aliphatic carbocycles. The van der Waals surface area contributed by atoms with Crippen LogP contribution in [0.5, 0.6) is 0 Å². The van der Waals surface area contributed by atoms with Gasteiger partial charge < -0.3 is 20.1 Å². The van der Waals surface area contributed by atoms with Crippen molar-refractivity contribution < 1.29 is 33.4 Å². The second kappa shape index (κ2) is 20.8. The van der Waals surface area contributed by atoms with E-state index in [-0.39, 0.29) is 23.7 Å². The van der Waals surface area contributed by atoms with E-state index in [1.54, 1.807) is 11.0 Å². The van der Waals surface area contributed by atoms with E-state index < -0.39 is 59.9 Å². The minimum atomic E-state index is -1.08. The van der Waals surface area contributed by atoms with E-state index in [0.29, 0.717) is 31.4 Å². The van der Waals surface area contributed by atoms with Crippen molar-refractivity contribution in [1.82, 2.24) is 20.4 Å². The zero-order chi connectivity index (χ0) is 38.4. The van der Waals surface area contributed by atoms with Gasteiger partial charge in [0.15, 0.2) is 6.10 Å². The maximum atomic E-state index is 14.0. The smallest absolute Gasteiger partial charge is 0.324 e. The lowest BCUT2D eigenvalue weighted by Crippen LogP contribution is -2.53. The summed E-state index contributed by atoms with van der Waals surface area (Å²) in [7, 11) is 5.11. The third kappa shape index (κ3) is 13.6. The van der Waals surface area contributed by atoms with E-state index in [2.05, 4.69) is 10.6 Å². The SMILES string of the molecule is CC[C@H](C)[C@@H](C(=O)O[C@@H](CC(C)C)C(=O)N[C@@H](CC(C)C)C(=O)N[C@H](/C=C/C(=O)N1C(=O)C=C(OC)[C@@H]1CC(C)C)Cc1ccccc1)N(C)C. The summed E-state index contributed by atoms with van der Waals surface area (Å²) in [6.07, 6.45) is 5.47. The first-order chi connectivity index (χ1) is 24.0. The van der Waals surface area contributed by atoms with Gasteiger partial charge in [-0.1, -0.05) is 98.2 Å². The van der Waals surface area contributed by atoms with Crippen LogP contribution in [-0.2, 0) is 39.9 Å². The van der Waals surface area contributed by atoms with Gasteiger partial charge in [-0.2, -0.15) is 0 Å². The largest absolute Gasteiger partial charge is 0.499 e. The summed E-state index contributed by atoms with van der Waals surface area (Å²) in [6.45, 7) is 15.8. The van der Waals surface area contributed by atoms with Gasteiger partial charge in [-0.05, 0) is 69.0 Å². The van der Waals surface area contributed by atoms with Crippen molar-refractivity contribution in [2.75, 3.05) is 21.2 Å². The van der Waals surface area contributed by atoms with Gasteiger partial charge in [-0.15, -0.1) is 0 Å². The lowest BCUT2D eigenvalue weighted by atomic mass is 9.98. The molecule has 2 N–H and O–H groups in total. The number of hydrogen-bond acceptors (Lipinski definition) is 8. The summed E-state index contributed by atoms with van der Waals surface area (Å²) in [6, 6.07) is 6.90. The molecule has 1 aliphatic rings. The molecule has 0 spiro atoms. The summed E-state index contributed by atoms with van der Waals surface area (Å²) in [5.41, 5.74) is 0.920. The Morgan fingerprint density at radius 3 is 2.06 bits per heavy atom. The number of likely N-dealkylation sites (N-methyl/N-ethyl adjacent to an activating group) is 1. The van der Waals surface area contributed by atoms with Gasteiger partial charge in [-0.25, -0.2) is 0 Å². The molecule has 0 bridgehead atoms. The van der Waals surface area contributed by atoms with Gasteiger partial charge in [0.25, 0.3) is 17.7 Å². The van der Waals surface area contributed by atoms with Crippen LogP contribution >= 0.6 is 0 Å². The van der Waals surface area contributed by atoms with E-state index in [0.717, 1.165) is 12.0 Å². The van der Waals surface area contributed by atoms with Crippen molar-refractivity contribution >= 4 is 29.6 Å². The van der Waals surface area contributed by atoms with Gasteiger partial charge in [0.1, 0.15) is 17.8 Å². The summed E-state index contributed by atoms with van der Waals surface area (Å²) >= 11 is 0. The maximum Gasteiger partial charge on any atom is 0.324 e. The van der Waals surface area contributed by atoms with Gasteiger partial charge >= 0.3 is 5.97 Å². The minimum Gasteiger partial charge on any atom is -0.499 e. The average Bonchev–Trinajstić information content (AvgIpc) is 3.36. The van der Waals surface area contributed by atoms with Crippen LogP contribution in [0, 0.1) is 23.7 Å². The highest BCUT2D eigenvalue weighted by molar-refractivity contribution is 6.07. The Balaban J connectivity index is 2.35. The zero-order valence-corrected chi connectivity index (χ0v) is 32.6. The predicted molar refractivity (Wildman–Crippen MR) is 199 cm³/mol. The van der Waals surface area contributed by atoms with Crippen LogP contribution in [0.3, 0.4) is 0 Å². The molecule has 0 saturated carbocycles. The quantitative estimate of drug-likeness (QED) is 0.142. The molecule has 51 heavy (non-hydrogen) atoms. The summed E-state index contributed by atoms with van der Waals surface area (Å²) in [5, 5.41) is 5.91. The van der Waals surface area contributed by atoms with Crippen molar-refractivity contribution in [3.63, 3.8) is 0 Å². The number of nitrogens with zero attached hydrogens (tertiary/aromatic N) is 2. The molecule has 0 saturated heterocycles. The third-order valence-corrected chi connectivity index (χ3v) is 8.97. The number of esters is 1. The fraction of sp³-hybridized carbons (Fsp3) is 0.625. The fourth-order valence-corrected chi connectivity index (χ4v) is 6.28. The van der Waals surface area contributed by atoms with Crippen LogP contribution in [0.4, 0.5) is 0 Å². The highest BCUT2D eigenvalue weighted by atomic mass is 16.5. The van der Waals surface area contributed by atoms with Crippen LogP contribution in [0.15, 0.2) is 54.3 Å². The molecule has 0 radical (unpaired) electrons. The number of rotatable bonds is 20. The normalized spacial score (nSPS) is 17.8. The number of benzene rings is 1. The Labute approximate surface area is 305 Å². The summed E-state index contributed by atoms with van der Waals surface area (Å²) < 4.78 is 11.3. The minimum absolute atomic E-state index is 0.0131. The summed E-state index contributed by atoms with van der Waals surface area (Å²) in [4.78, 5) is 70.5. The Kier molecular flexibility index (Phi) is 17.6. The lowest BCUT2D eigenvalue weighted by molar-refractivity contribution is -0.163. The number of hydrogen-bond donors (Lipinski definition) is 2.